The minimum atomic E-state index is -4.54. The molecule has 106 valence electrons. The molecule has 0 spiro atoms. The topological polar surface area (TPSA) is 74.2 Å². The number of aromatic hydroxyl groups is 1. The number of benzene rings is 1. The zero-order valence-electron chi connectivity index (χ0n) is 9.73. The van der Waals surface area contributed by atoms with E-state index in [1.165, 1.54) is 24.3 Å². The third-order valence-corrected chi connectivity index (χ3v) is 2.90. The monoisotopic (exact) mass is 303 g/mol. The Bertz CT molecular complexity index is 610. The number of thiazole rings is 1. The van der Waals surface area contributed by atoms with Crippen LogP contribution < -0.4 is 10.6 Å². The molecule has 5 nitrogen and oxygen atoms in total. The van der Waals surface area contributed by atoms with Crippen LogP contribution in [0.3, 0.4) is 0 Å². The van der Waals surface area contributed by atoms with Crippen molar-refractivity contribution in [2.75, 3.05) is 10.6 Å². The number of carbonyl (C=O) groups is 1. The minimum Gasteiger partial charge on any atom is -0.508 e. The number of phenols is 1. The predicted molar refractivity (Wildman–Crippen MR) is 67.9 cm³/mol. The highest BCUT2D eigenvalue weighted by Gasteiger charge is 2.33. The molecule has 2 rings (SSSR count). The summed E-state index contributed by atoms with van der Waals surface area (Å²) in [6.45, 7) is 0. The molecule has 1 aromatic heterocycles. The second kappa shape index (κ2) is 5.37. The van der Waals surface area contributed by atoms with Crippen LogP contribution in [-0.4, -0.2) is 16.1 Å². The highest BCUT2D eigenvalue weighted by molar-refractivity contribution is 7.13. The Kier molecular flexibility index (Phi) is 3.79. The second-order valence-corrected chi connectivity index (χ2v) is 4.52. The van der Waals surface area contributed by atoms with E-state index >= 15 is 0 Å². The first-order valence-corrected chi connectivity index (χ1v) is 6.12. The van der Waals surface area contributed by atoms with Crippen molar-refractivity contribution >= 4 is 28.2 Å². The number of nitrogens with one attached hydrogen (secondary N) is 2. The number of carbonyl (C=O) groups excluding carboxylic acids is 1. The highest BCUT2D eigenvalue weighted by atomic mass is 32.1. The number of hydrogen-bond acceptors (Lipinski definition) is 4. The lowest BCUT2D eigenvalue weighted by Gasteiger charge is -2.05. The smallest absolute Gasteiger partial charge is 0.434 e. The molecule has 0 unspecified atom stereocenters. The van der Waals surface area contributed by atoms with Crippen molar-refractivity contribution in [2.24, 2.45) is 0 Å². The van der Waals surface area contributed by atoms with Crippen LogP contribution in [0.15, 0.2) is 29.6 Å². The lowest BCUT2D eigenvalue weighted by atomic mass is 10.3. The van der Waals surface area contributed by atoms with Gasteiger partial charge in [0.15, 0.2) is 10.8 Å². The largest absolute Gasteiger partial charge is 0.508 e. The Balaban J connectivity index is 1.98. The van der Waals surface area contributed by atoms with E-state index in [4.69, 9.17) is 5.11 Å². The van der Waals surface area contributed by atoms with Gasteiger partial charge in [-0.3, -0.25) is 5.32 Å². The van der Waals surface area contributed by atoms with Gasteiger partial charge in [-0.15, -0.1) is 11.3 Å². The van der Waals surface area contributed by atoms with E-state index in [-0.39, 0.29) is 10.9 Å². The van der Waals surface area contributed by atoms with Crippen molar-refractivity contribution in [1.82, 2.24) is 4.98 Å². The number of aromatic nitrogens is 1. The molecule has 0 radical (unpaired) electrons. The summed E-state index contributed by atoms with van der Waals surface area (Å²) in [6.07, 6.45) is -4.54. The molecule has 9 heteroatoms. The number of urea groups is 1. The summed E-state index contributed by atoms with van der Waals surface area (Å²) >= 11 is 0.675. The second-order valence-electron chi connectivity index (χ2n) is 3.66. The van der Waals surface area contributed by atoms with Crippen LogP contribution in [0.4, 0.5) is 28.8 Å². The molecular formula is C11H8F3N3O2S. The first-order chi connectivity index (χ1) is 9.34. The summed E-state index contributed by atoms with van der Waals surface area (Å²) in [6, 6.07) is 4.89. The van der Waals surface area contributed by atoms with E-state index in [0.717, 1.165) is 5.38 Å². The van der Waals surface area contributed by atoms with Crippen molar-refractivity contribution in [3.63, 3.8) is 0 Å². The average molecular weight is 303 g/mol. The molecule has 0 saturated heterocycles. The predicted octanol–water partition coefficient (Wildman–Crippen LogP) is 3.51. The number of halogens is 3. The Labute approximate surface area is 115 Å². The van der Waals surface area contributed by atoms with E-state index < -0.39 is 17.9 Å². The molecule has 0 aliphatic carbocycles. The summed E-state index contributed by atoms with van der Waals surface area (Å²) in [5.41, 5.74) is -0.671. The molecule has 0 aliphatic rings. The Morgan fingerprint density at radius 2 is 1.85 bits per heavy atom. The first kappa shape index (κ1) is 14.1. The average Bonchev–Trinajstić information content (AvgIpc) is 2.80. The van der Waals surface area contributed by atoms with Gasteiger partial charge in [0.25, 0.3) is 0 Å². The maximum absolute atomic E-state index is 12.3. The van der Waals surface area contributed by atoms with E-state index in [1.807, 2.05) is 0 Å². The molecule has 20 heavy (non-hydrogen) atoms. The van der Waals surface area contributed by atoms with Gasteiger partial charge in [0.1, 0.15) is 5.75 Å². The van der Waals surface area contributed by atoms with Gasteiger partial charge < -0.3 is 10.4 Å². The van der Waals surface area contributed by atoms with E-state index in [0.29, 0.717) is 17.0 Å². The standard InChI is InChI=1S/C11H8F3N3O2S/c12-11(13,14)8-5-20-10(16-8)17-9(19)15-6-1-3-7(18)4-2-6/h1-5,18H,(H2,15,16,17,19). The molecule has 0 bridgehead atoms. The van der Waals surface area contributed by atoms with Gasteiger partial charge >= 0.3 is 12.2 Å². The van der Waals surface area contributed by atoms with Crippen LogP contribution in [0.2, 0.25) is 0 Å². The molecule has 2 amide bonds. The zero-order valence-corrected chi connectivity index (χ0v) is 10.5. The van der Waals surface area contributed by atoms with Crippen LogP contribution in [0.25, 0.3) is 0 Å². The summed E-state index contributed by atoms with van der Waals surface area (Å²) < 4.78 is 36.9. The quantitative estimate of drug-likeness (QED) is 0.743. The SMILES string of the molecule is O=C(Nc1ccc(O)cc1)Nc1nc(C(F)(F)F)cs1. The number of anilines is 2. The van der Waals surface area contributed by atoms with Crippen LogP contribution >= 0.6 is 11.3 Å². The lowest BCUT2D eigenvalue weighted by Crippen LogP contribution is -2.19. The fourth-order valence-corrected chi connectivity index (χ4v) is 1.98. The van der Waals surface area contributed by atoms with Crippen LogP contribution in [0, 0.1) is 0 Å². The van der Waals surface area contributed by atoms with Crippen LogP contribution in [0.5, 0.6) is 5.75 Å². The third-order valence-electron chi connectivity index (χ3n) is 2.14. The molecule has 0 fully saturated rings. The van der Waals surface area contributed by atoms with Crippen LogP contribution in [0.1, 0.15) is 5.69 Å². The van der Waals surface area contributed by atoms with Crippen molar-refractivity contribution in [3.05, 3.63) is 35.3 Å². The van der Waals surface area contributed by atoms with Crippen molar-refractivity contribution in [2.45, 2.75) is 6.18 Å². The Morgan fingerprint density at radius 3 is 2.40 bits per heavy atom. The van der Waals surface area contributed by atoms with Gasteiger partial charge in [0.2, 0.25) is 0 Å². The van der Waals surface area contributed by atoms with Crippen molar-refractivity contribution in [1.29, 1.82) is 0 Å². The number of rotatable bonds is 2. The zero-order chi connectivity index (χ0) is 14.8. The Morgan fingerprint density at radius 1 is 1.20 bits per heavy atom. The van der Waals surface area contributed by atoms with Crippen molar-refractivity contribution < 1.29 is 23.1 Å². The Hall–Kier alpha value is -2.29. The first-order valence-electron chi connectivity index (χ1n) is 5.24. The molecule has 0 saturated carbocycles. The number of phenolic OH excluding ortho intramolecular Hbond substituents is 1. The molecule has 1 aromatic carbocycles. The molecule has 3 N–H and O–H groups in total. The maximum atomic E-state index is 12.3. The van der Waals surface area contributed by atoms with Gasteiger partial charge in [-0.1, -0.05) is 0 Å². The minimum absolute atomic E-state index is 0.0331. The van der Waals surface area contributed by atoms with Gasteiger partial charge in [-0.2, -0.15) is 13.2 Å². The van der Waals surface area contributed by atoms with E-state index in [1.54, 1.807) is 0 Å². The number of nitrogens with zero attached hydrogens (tertiary/aromatic N) is 1. The lowest BCUT2D eigenvalue weighted by molar-refractivity contribution is -0.140. The number of amides is 2. The van der Waals surface area contributed by atoms with Crippen molar-refractivity contribution in [3.8, 4) is 5.75 Å². The van der Waals surface area contributed by atoms with Gasteiger partial charge in [0.05, 0.1) is 0 Å². The molecule has 1 heterocycles. The van der Waals surface area contributed by atoms with Gasteiger partial charge in [-0.25, -0.2) is 9.78 Å². The molecule has 0 atom stereocenters. The molecule has 2 aromatic rings. The molecule has 0 aliphatic heterocycles. The normalized spacial score (nSPS) is 11.2. The van der Waals surface area contributed by atoms with E-state index in [9.17, 15) is 18.0 Å². The molecular weight excluding hydrogens is 295 g/mol. The number of hydrogen-bond donors (Lipinski definition) is 3. The third kappa shape index (κ3) is 3.60. The van der Waals surface area contributed by atoms with E-state index in [2.05, 4.69) is 15.6 Å². The summed E-state index contributed by atoms with van der Waals surface area (Å²) in [4.78, 5) is 14.8. The maximum Gasteiger partial charge on any atom is 0.434 e. The van der Waals surface area contributed by atoms with Gasteiger partial charge in [-0.05, 0) is 24.3 Å². The van der Waals surface area contributed by atoms with Crippen LogP contribution in [-0.2, 0) is 6.18 Å². The van der Waals surface area contributed by atoms with Gasteiger partial charge in [0, 0.05) is 11.1 Å². The summed E-state index contributed by atoms with van der Waals surface area (Å²) in [5.74, 6) is 0.0331. The highest BCUT2D eigenvalue weighted by Crippen LogP contribution is 2.31. The summed E-state index contributed by atoms with van der Waals surface area (Å²) in [5, 5.41) is 14.3. The number of alkyl halides is 3. The fourth-order valence-electron chi connectivity index (χ4n) is 1.27. The summed E-state index contributed by atoms with van der Waals surface area (Å²) in [7, 11) is 0. The fraction of sp³-hybridized carbons (Fsp3) is 0.0909.